The minimum Gasteiger partial charge on any atom is -0.508 e. The number of carboxylic acids is 2. The van der Waals surface area contributed by atoms with E-state index >= 15 is 0 Å². The van der Waals surface area contributed by atoms with Crippen LogP contribution in [-0.4, -0.2) is 40.8 Å². The lowest BCUT2D eigenvalue weighted by Gasteiger charge is -2.04. The fourth-order valence-corrected chi connectivity index (χ4v) is 2.65. The van der Waals surface area contributed by atoms with Gasteiger partial charge in [-0.15, -0.1) is 0 Å². The number of sulfone groups is 1. The minimum absolute atomic E-state index is 0.00894. The molecule has 0 bridgehead atoms. The molecule has 2 aromatic rings. The van der Waals surface area contributed by atoms with Crippen LogP contribution < -0.4 is 0 Å². The molecule has 0 aliphatic heterocycles. The van der Waals surface area contributed by atoms with Crippen LogP contribution in [0.5, 0.6) is 11.5 Å². The standard InChI is InChI=1S/C12H10O4S.2C2H4O2/c13-9-1-5-11(6-2-9)17(15,16)12-7-3-10(14)4-8-12;2*1-2(3)4/h1-8,13-14H;2*1H3,(H,3,4). The number of aliphatic carboxylic acids is 2. The van der Waals surface area contributed by atoms with Crippen LogP contribution in [0.25, 0.3) is 0 Å². The second-order valence-electron chi connectivity index (χ2n) is 4.53. The van der Waals surface area contributed by atoms with Gasteiger partial charge < -0.3 is 20.4 Å². The molecule has 136 valence electrons. The Kier molecular flexibility index (Phi) is 8.71. The van der Waals surface area contributed by atoms with E-state index in [2.05, 4.69) is 0 Å². The van der Waals surface area contributed by atoms with Gasteiger partial charge >= 0.3 is 0 Å². The molecule has 0 aliphatic carbocycles. The summed E-state index contributed by atoms with van der Waals surface area (Å²) in [6, 6.07) is 10.6. The van der Waals surface area contributed by atoms with Crippen LogP contribution >= 0.6 is 0 Å². The summed E-state index contributed by atoms with van der Waals surface area (Å²) < 4.78 is 24.2. The van der Waals surface area contributed by atoms with Crippen molar-refractivity contribution in [3.8, 4) is 11.5 Å². The van der Waals surface area contributed by atoms with Crippen LogP contribution in [0, 0.1) is 0 Å². The quantitative estimate of drug-likeness (QED) is 0.628. The molecule has 0 radical (unpaired) electrons. The molecular weight excluding hydrogens is 352 g/mol. The van der Waals surface area contributed by atoms with Gasteiger partial charge in [0.1, 0.15) is 11.5 Å². The third kappa shape index (κ3) is 8.96. The van der Waals surface area contributed by atoms with Gasteiger partial charge in [0.15, 0.2) is 0 Å². The summed E-state index contributed by atoms with van der Waals surface area (Å²) in [5, 5.41) is 33.0. The molecular formula is C16H18O8S. The monoisotopic (exact) mass is 370 g/mol. The Morgan fingerprint density at radius 1 is 0.680 bits per heavy atom. The second-order valence-corrected chi connectivity index (χ2v) is 6.48. The third-order valence-electron chi connectivity index (χ3n) is 2.29. The van der Waals surface area contributed by atoms with Crippen molar-refractivity contribution in [2.75, 3.05) is 0 Å². The fourth-order valence-electron chi connectivity index (χ4n) is 1.39. The zero-order chi connectivity index (χ0) is 19.6. The van der Waals surface area contributed by atoms with Gasteiger partial charge in [-0.2, -0.15) is 0 Å². The smallest absolute Gasteiger partial charge is 0.300 e. The topological polar surface area (TPSA) is 149 Å². The van der Waals surface area contributed by atoms with Gasteiger partial charge in [-0.1, -0.05) is 0 Å². The molecule has 0 aromatic heterocycles. The maximum absolute atomic E-state index is 12.1. The Balaban J connectivity index is 0.000000609. The molecule has 0 saturated carbocycles. The Bertz CT molecular complexity index is 722. The van der Waals surface area contributed by atoms with Crippen molar-refractivity contribution in [1.82, 2.24) is 0 Å². The lowest BCUT2D eigenvalue weighted by molar-refractivity contribution is -0.135. The Morgan fingerprint density at radius 2 is 0.880 bits per heavy atom. The van der Waals surface area contributed by atoms with Gasteiger partial charge in [0.2, 0.25) is 9.84 Å². The molecule has 0 fully saturated rings. The summed E-state index contributed by atoms with van der Waals surface area (Å²) in [5.41, 5.74) is 0. The van der Waals surface area contributed by atoms with E-state index in [-0.39, 0.29) is 21.3 Å². The highest BCUT2D eigenvalue weighted by molar-refractivity contribution is 7.91. The molecule has 0 atom stereocenters. The summed E-state index contributed by atoms with van der Waals surface area (Å²) in [6.45, 7) is 2.17. The molecule has 0 unspecified atom stereocenters. The Labute approximate surface area is 144 Å². The summed E-state index contributed by atoms with van der Waals surface area (Å²) >= 11 is 0. The number of phenols is 2. The fraction of sp³-hybridized carbons (Fsp3) is 0.125. The van der Waals surface area contributed by atoms with Crippen LogP contribution in [-0.2, 0) is 19.4 Å². The molecule has 0 amide bonds. The minimum atomic E-state index is -3.59. The van der Waals surface area contributed by atoms with E-state index in [4.69, 9.17) is 30.0 Å². The molecule has 0 spiro atoms. The number of carboxylic acid groups (broad SMARTS) is 2. The highest BCUT2D eigenvalue weighted by Crippen LogP contribution is 2.23. The molecule has 0 aliphatic rings. The predicted octanol–water partition coefficient (Wildman–Crippen LogP) is 2.11. The molecule has 0 saturated heterocycles. The predicted molar refractivity (Wildman–Crippen MR) is 88.3 cm³/mol. The van der Waals surface area contributed by atoms with Crippen molar-refractivity contribution in [3.63, 3.8) is 0 Å². The number of hydrogen-bond acceptors (Lipinski definition) is 6. The lowest BCUT2D eigenvalue weighted by Crippen LogP contribution is -2.01. The van der Waals surface area contributed by atoms with Crippen molar-refractivity contribution >= 4 is 21.8 Å². The first kappa shape index (κ1) is 21.9. The third-order valence-corrected chi connectivity index (χ3v) is 4.08. The summed E-state index contributed by atoms with van der Waals surface area (Å²) in [6.07, 6.45) is 0. The van der Waals surface area contributed by atoms with Crippen LogP contribution in [0.3, 0.4) is 0 Å². The number of aromatic hydroxyl groups is 2. The average Bonchev–Trinajstić information content (AvgIpc) is 2.47. The Hall–Kier alpha value is -3.07. The number of hydrogen-bond donors (Lipinski definition) is 4. The van der Waals surface area contributed by atoms with E-state index in [1.807, 2.05) is 0 Å². The van der Waals surface area contributed by atoms with Crippen LogP contribution in [0.15, 0.2) is 58.3 Å². The van der Waals surface area contributed by atoms with Crippen LogP contribution in [0.2, 0.25) is 0 Å². The average molecular weight is 370 g/mol. The second kappa shape index (κ2) is 9.93. The van der Waals surface area contributed by atoms with Crippen molar-refractivity contribution in [2.24, 2.45) is 0 Å². The van der Waals surface area contributed by atoms with Gasteiger partial charge in [-0.3, -0.25) is 9.59 Å². The first-order chi connectivity index (χ1) is 11.5. The molecule has 9 heteroatoms. The molecule has 2 rings (SSSR count). The maximum atomic E-state index is 12.1. The highest BCUT2D eigenvalue weighted by Gasteiger charge is 2.17. The molecule has 8 nitrogen and oxygen atoms in total. The normalized spacial score (nSPS) is 9.68. The van der Waals surface area contributed by atoms with E-state index in [1.165, 1.54) is 48.5 Å². The van der Waals surface area contributed by atoms with Crippen molar-refractivity contribution in [1.29, 1.82) is 0 Å². The summed E-state index contributed by atoms with van der Waals surface area (Å²) in [5.74, 6) is -1.65. The van der Waals surface area contributed by atoms with Gasteiger partial charge in [0, 0.05) is 13.8 Å². The SMILES string of the molecule is CC(=O)O.CC(=O)O.O=S(=O)(c1ccc(O)cc1)c1ccc(O)cc1. The maximum Gasteiger partial charge on any atom is 0.300 e. The molecule has 4 N–H and O–H groups in total. The van der Waals surface area contributed by atoms with Gasteiger partial charge in [0.25, 0.3) is 11.9 Å². The zero-order valence-corrected chi connectivity index (χ0v) is 14.3. The van der Waals surface area contributed by atoms with Gasteiger partial charge in [0.05, 0.1) is 9.79 Å². The molecule has 0 heterocycles. The van der Waals surface area contributed by atoms with Gasteiger partial charge in [-0.05, 0) is 48.5 Å². The van der Waals surface area contributed by atoms with Crippen LogP contribution in [0.1, 0.15) is 13.8 Å². The zero-order valence-electron chi connectivity index (χ0n) is 13.4. The Morgan fingerprint density at radius 3 is 1.08 bits per heavy atom. The summed E-state index contributed by atoms with van der Waals surface area (Å²) in [4.78, 5) is 18.2. The van der Waals surface area contributed by atoms with E-state index in [9.17, 15) is 8.42 Å². The van der Waals surface area contributed by atoms with E-state index in [1.54, 1.807) is 0 Å². The number of phenolic OH excluding ortho intramolecular Hbond substituents is 2. The van der Waals surface area contributed by atoms with E-state index < -0.39 is 21.8 Å². The largest absolute Gasteiger partial charge is 0.508 e. The first-order valence-electron chi connectivity index (χ1n) is 6.69. The summed E-state index contributed by atoms with van der Waals surface area (Å²) in [7, 11) is -3.59. The number of carbonyl (C=O) groups is 2. The van der Waals surface area contributed by atoms with Crippen molar-refractivity contribution in [2.45, 2.75) is 23.6 Å². The highest BCUT2D eigenvalue weighted by atomic mass is 32.2. The van der Waals surface area contributed by atoms with Crippen LogP contribution in [0.4, 0.5) is 0 Å². The molecule has 2 aromatic carbocycles. The lowest BCUT2D eigenvalue weighted by atomic mass is 10.3. The molecule has 25 heavy (non-hydrogen) atoms. The van der Waals surface area contributed by atoms with Crippen molar-refractivity contribution < 1.29 is 38.4 Å². The first-order valence-corrected chi connectivity index (χ1v) is 8.17. The van der Waals surface area contributed by atoms with Gasteiger partial charge in [-0.25, -0.2) is 8.42 Å². The van der Waals surface area contributed by atoms with E-state index in [0.717, 1.165) is 13.8 Å². The number of benzene rings is 2. The van der Waals surface area contributed by atoms with Crippen molar-refractivity contribution in [3.05, 3.63) is 48.5 Å². The van der Waals surface area contributed by atoms with E-state index in [0.29, 0.717) is 0 Å². The number of rotatable bonds is 2.